The highest BCUT2D eigenvalue weighted by molar-refractivity contribution is 5.33. The fourth-order valence-corrected chi connectivity index (χ4v) is 4.00. The van der Waals surface area contributed by atoms with Crippen molar-refractivity contribution in [1.82, 2.24) is 39.0 Å². The summed E-state index contributed by atoms with van der Waals surface area (Å²) in [5, 5.41) is 0. The van der Waals surface area contributed by atoms with Crippen molar-refractivity contribution in [3.05, 3.63) is 78.4 Å². The number of nitrogens with zero attached hydrogens (tertiary/aromatic N) is 7. The first-order valence-corrected chi connectivity index (χ1v) is 9.56. The number of aromatic nitrogens is 7. The zero-order valence-corrected chi connectivity index (χ0v) is 15.7. The first-order chi connectivity index (χ1) is 13.8. The first kappa shape index (κ1) is 16.9. The third kappa shape index (κ3) is 2.82. The predicted octanol–water partition coefficient (Wildman–Crippen LogP) is 2.35. The number of nitrogens with one attached hydrogen (secondary N) is 1. The maximum Gasteiger partial charge on any atom is 0.233 e. The molecule has 0 saturated carbocycles. The zero-order chi connectivity index (χ0) is 18.9. The molecule has 8 heteroatoms. The van der Waals surface area contributed by atoms with Crippen LogP contribution in [0.1, 0.15) is 35.9 Å². The number of hydrogen-bond donors (Lipinski definition) is 1. The van der Waals surface area contributed by atoms with Crippen LogP contribution in [0.2, 0.25) is 0 Å². The normalized spacial score (nSPS) is 17.0. The number of rotatable bonds is 5. The molecule has 1 N–H and O–H groups in total. The van der Waals surface area contributed by atoms with Crippen LogP contribution in [0, 0.1) is 0 Å². The summed E-state index contributed by atoms with van der Waals surface area (Å²) in [4.78, 5) is 23.9. The third-order valence-corrected chi connectivity index (χ3v) is 5.34. The SMILES string of the molecule is CCn1ccnc1CN1CCc2[nH]cnc2[C@@H]1c1cccn1-c1ncccn1. The lowest BCUT2D eigenvalue weighted by Gasteiger charge is -2.35. The van der Waals surface area contributed by atoms with Gasteiger partial charge in [0.15, 0.2) is 0 Å². The molecule has 1 aliphatic heterocycles. The zero-order valence-electron chi connectivity index (χ0n) is 15.7. The van der Waals surface area contributed by atoms with Crippen molar-refractivity contribution < 1.29 is 0 Å². The Morgan fingerprint density at radius 3 is 2.82 bits per heavy atom. The molecule has 1 atom stereocenters. The van der Waals surface area contributed by atoms with Crippen molar-refractivity contribution in [2.75, 3.05) is 6.54 Å². The molecule has 8 nitrogen and oxygen atoms in total. The van der Waals surface area contributed by atoms with E-state index in [0.29, 0.717) is 5.95 Å². The molecule has 0 aliphatic carbocycles. The maximum absolute atomic E-state index is 4.67. The molecule has 0 spiro atoms. The second-order valence-electron chi connectivity index (χ2n) is 6.87. The monoisotopic (exact) mass is 374 g/mol. The molecule has 1 aliphatic rings. The van der Waals surface area contributed by atoms with Gasteiger partial charge in [-0.1, -0.05) is 0 Å². The van der Waals surface area contributed by atoms with Crippen LogP contribution in [-0.2, 0) is 19.5 Å². The lowest BCUT2D eigenvalue weighted by atomic mass is 9.99. The van der Waals surface area contributed by atoms with Crippen LogP contribution in [0.3, 0.4) is 0 Å². The fraction of sp³-hybridized carbons (Fsp3) is 0.300. The lowest BCUT2D eigenvalue weighted by Crippen LogP contribution is -2.37. The van der Waals surface area contributed by atoms with Crippen molar-refractivity contribution in [1.29, 1.82) is 0 Å². The van der Waals surface area contributed by atoms with Crippen molar-refractivity contribution >= 4 is 0 Å². The van der Waals surface area contributed by atoms with Crippen LogP contribution in [0.5, 0.6) is 0 Å². The summed E-state index contributed by atoms with van der Waals surface area (Å²) in [5.74, 6) is 1.74. The number of fused-ring (bicyclic) bond motifs is 1. The van der Waals surface area contributed by atoms with Crippen LogP contribution in [-0.4, -0.2) is 45.5 Å². The Hall–Kier alpha value is -3.26. The van der Waals surface area contributed by atoms with Crippen LogP contribution >= 0.6 is 0 Å². The average molecular weight is 374 g/mol. The molecule has 0 bridgehead atoms. The van der Waals surface area contributed by atoms with Gasteiger partial charge in [-0.05, 0) is 25.1 Å². The van der Waals surface area contributed by atoms with E-state index in [1.54, 1.807) is 18.7 Å². The van der Waals surface area contributed by atoms with Crippen molar-refractivity contribution in [3.63, 3.8) is 0 Å². The highest BCUT2D eigenvalue weighted by Crippen LogP contribution is 2.35. The molecule has 0 aromatic carbocycles. The Bertz CT molecular complexity index is 1060. The van der Waals surface area contributed by atoms with Gasteiger partial charge in [0.1, 0.15) is 5.82 Å². The molecule has 4 aromatic heterocycles. The van der Waals surface area contributed by atoms with E-state index in [-0.39, 0.29) is 6.04 Å². The fourth-order valence-electron chi connectivity index (χ4n) is 4.00. The summed E-state index contributed by atoms with van der Waals surface area (Å²) in [7, 11) is 0. The Balaban J connectivity index is 1.58. The maximum atomic E-state index is 4.67. The van der Waals surface area contributed by atoms with Crippen molar-refractivity contribution in [3.8, 4) is 5.95 Å². The number of aromatic amines is 1. The summed E-state index contributed by atoms with van der Waals surface area (Å²) in [6.07, 6.45) is 12.2. The predicted molar refractivity (Wildman–Crippen MR) is 104 cm³/mol. The molecule has 0 unspecified atom stereocenters. The first-order valence-electron chi connectivity index (χ1n) is 9.56. The molecule has 5 rings (SSSR count). The minimum Gasteiger partial charge on any atom is -0.348 e. The number of aryl methyl sites for hydroxylation is 1. The topological polar surface area (TPSA) is 80.5 Å². The highest BCUT2D eigenvalue weighted by Gasteiger charge is 2.33. The number of hydrogen-bond acceptors (Lipinski definition) is 5. The molecule has 28 heavy (non-hydrogen) atoms. The Morgan fingerprint density at radius 2 is 1.96 bits per heavy atom. The van der Waals surface area contributed by atoms with Crippen LogP contribution < -0.4 is 0 Å². The largest absolute Gasteiger partial charge is 0.348 e. The van der Waals surface area contributed by atoms with Gasteiger partial charge in [0, 0.05) is 61.9 Å². The van der Waals surface area contributed by atoms with E-state index in [9.17, 15) is 0 Å². The van der Waals surface area contributed by atoms with E-state index in [4.69, 9.17) is 0 Å². The van der Waals surface area contributed by atoms with Gasteiger partial charge >= 0.3 is 0 Å². The number of imidazole rings is 2. The van der Waals surface area contributed by atoms with Gasteiger partial charge in [-0.2, -0.15) is 0 Å². The van der Waals surface area contributed by atoms with Gasteiger partial charge in [0.25, 0.3) is 0 Å². The van der Waals surface area contributed by atoms with E-state index < -0.39 is 0 Å². The van der Waals surface area contributed by atoms with Crippen LogP contribution in [0.15, 0.2) is 55.5 Å². The van der Waals surface area contributed by atoms with Gasteiger partial charge in [-0.25, -0.2) is 19.9 Å². The summed E-state index contributed by atoms with van der Waals surface area (Å²) in [6, 6.07) is 6.01. The molecule has 142 valence electrons. The molecule has 4 aromatic rings. The highest BCUT2D eigenvalue weighted by atomic mass is 15.3. The Labute approximate surface area is 162 Å². The summed E-state index contributed by atoms with van der Waals surface area (Å²) in [5.41, 5.74) is 3.37. The molecule has 0 radical (unpaired) electrons. The Morgan fingerprint density at radius 1 is 1.07 bits per heavy atom. The molecule has 0 amide bonds. The molecular weight excluding hydrogens is 352 g/mol. The minimum atomic E-state index is 0.0100. The summed E-state index contributed by atoms with van der Waals surface area (Å²) < 4.78 is 4.24. The summed E-state index contributed by atoms with van der Waals surface area (Å²) in [6.45, 7) is 4.74. The van der Waals surface area contributed by atoms with Crippen molar-refractivity contribution in [2.24, 2.45) is 0 Å². The van der Waals surface area contributed by atoms with Gasteiger partial charge < -0.3 is 9.55 Å². The van der Waals surface area contributed by atoms with Gasteiger partial charge in [-0.3, -0.25) is 9.47 Å². The summed E-state index contributed by atoms with van der Waals surface area (Å²) >= 11 is 0. The smallest absolute Gasteiger partial charge is 0.233 e. The van der Waals surface area contributed by atoms with E-state index in [2.05, 4.69) is 47.4 Å². The van der Waals surface area contributed by atoms with Gasteiger partial charge in [0.2, 0.25) is 5.95 Å². The molecular formula is C20H22N8. The third-order valence-electron chi connectivity index (χ3n) is 5.34. The van der Waals surface area contributed by atoms with Gasteiger partial charge in [-0.15, -0.1) is 0 Å². The molecule has 0 fully saturated rings. The lowest BCUT2D eigenvalue weighted by molar-refractivity contribution is 0.188. The average Bonchev–Trinajstić information content (AvgIpc) is 3.49. The quantitative estimate of drug-likeness (QED) is 0.580. The van der Waals surface area contributed by atoms with E-state index in [1.807, 2.05) is 35.3 Å². The minimum absolute atomic E-state index is 0.0100. The second-order valence-corrected chi connectivity index (χ2v) is 6.87. The van der Waals surface area contributed by atoms with Crippen LogP contribution in [0.4, 0.5) is 0 Å². The van der Waals surface area contributed by atoms with E-state index in [1.165, 1.54) is 5.69 Å². The number of H-pyrrole nitrogens is 1. The van der Waals surface area contributed by atoms with Crippen molar-refractivity contribution in [2.45, 2.75) is 32.5 Å². The standard InChI is InChI=1S/C20H22N8/c1-2-26-12-9-21-17(26)13-27-11-6-15-18(25-14-24-15)19(27)16-5-3-10-28(16)20-22-7-4-8-23-20/h3-5,7-10,12,14,19H,2,6,11,13H2,1H3,(H,24,25)/t19-/m0/s1. The van der Waals surface area contributed by atoms with Crippen LogP contribution in [0.25, 0.3) is 5.95 Å². The van der Waals surface area contributed by atoms with E-state index in [0.717, 1.165) is 43.3 Å². The second kappa shape index (κ2) is 7.05. The molecule has 5 heterocycles. The van der Waals surface area contributed by atoms with Gasteiger partial charge in [0.05, 0.1) is 24.6 Å². The van der Waals surface area contributed by atoms with E-state index >= 15 is 0 Å². The Kier molecular flexibility index (Phi) is 4.25. The molecule has 0 saturated heterocycles.